The molecule has 0 atom stereocenters. The summed E-state index contributed by atoms with van der Waals surface area (Å²) in [6.07, 6.45) is 1.28. The van der Waals surface area contributed by atoms with Crippen LogP contribution < -0.4 is 9.47 Å². The molecule has 0 unspecified atom stereocenters. The van der Waals surface area contributed by atoms with E-state index in [0.717, 1.165) is 61.3 Å². The Morgan fingerprint density at radius 1 is 1.05 bits per heavy atom. The van der Waals surface area contributed by atoms with Gasteiger partial charge in [0.05, 0.1) is 29.9 Å². The van der Waals surface area contributed by atoms with E-state index in [2.05, 4.69) is 10.1 Å². The number of aromatic amines is 1. The van der Waals surface area contributed by atoms with Gasteiger partial charge in [0.25, 0.3) is 0 Å². The highest BCUT2D eigenvalue weighted by Crippen LogP contribution is 2.40. The molecule has 8 heteroatoms. The van der Waals surface area contributed by atoms with Crippen LogP contribution in [0.2, 0.25) is 5.02 Å². The third-order valence-electron chi connectivity index (χ3n) is 7.26. The highest BCUT2D eigenvalue weighted by atomic mass is 35.5. The van der Waals surface area contributed by atoms with Gasteiger partial charge in [-0.3, -0.25) is 4.68 Å². The lowest BCUT2D eigenvalue weighted by Gasteiger charge is -2.19. The van der Waals surface area contributed by atoms with Gasteiger partial charge in [-0.05, 0) is 70.5 Å². The van der Waals surface area contributed by atoms with Gasteiger partial charge in [0.15, 0.2) is 0 Å². The molecule has 0 aliphatic carbocycles. The second-order valence-corrected chi connectivity index (χ2v) is 11.7. The van der Waals surface area contributed by atoms with Crippen molar-refractivity contribution in [3.8, 4) is 22.6 Å². The molecule has 0 aliphatic heterocycles. The predicted molar refractivity (Wildman–Crippen MR) is 164 cm³/mol. The molecule has 2 aromatic heterocycles. The van der Waals surface area contributed by atoms with Crippen LogP contribution in [0.1, 0.15) is 54.6 Å². The zero-order chi connectivity index (χ0) is 29.5. The second kappa shape index (κ2) is 11.1. The Morgan fingerprint density at radius 3 is 2.49 bits per heavy atom. The van der Waals surface area contributed by atoms with Crippen molar-refractivity contribution in [1.82, 2.24) is 14.8 Å². The zero-order valence-electron chi connectivity index (χ0n) is 24.6. The summed E-state index contributed by atoms with van der Waals surface area (Å²) in [6.45, 7) is 10.0. The van der Waals surface area contributed by atoms with Gasteiger partial charge in [-0.2, -0.15) is 5.10 Å². The maximum atomic E-state index is 13.4. The number of benzene rings is 3. The Bertz CT molecular complexity index is 1760. The van der Waals surface area contributed by atoms with E-state index in [4.69, 9.17) is 25.8 Å². The number of hydrogen-bond acceptors (Lipinski definition) is 5. The molecular weight excluding hydrogens is 538 g/mol. The van der Waals surface area contributed by atoms with Crippen LogP contribution in [0.25, 0.3) is 32.8 Å². The number of fused-ring (bicyclic) bond motifs is 2. The van der Waals surface area contributed by atoms with Crippen molar-refractivity contribution in [2.45, 2.75) is 53.1 Å². The standard InChI is InChI=1S/C33H36ClN3O4/c1-19-28(20(2)37(6)36-19)29-26(34)15-14-25-24(31(35-30(25)29)32(38)41-33(3,4)5)13-10-16-40-27-18-22(39-7)17-21-11-8-9-12-23(21)27/h8-9,11-12,14-15,17-18,35H,10,13,16H2,1-7H3. The highest BCUT2D eigenvalue weighted by molar-refractivity contribution is 6.35. The van der Waals surface area contributed by atoms with Gasteiger partial charge in [0.2, 0.25) is 0 Å². The first-order valence-corrected chi connectivity index (χ1v) is 14.1. The third kappa shape index (κ3) is 5.64. The molecule has 0 bridgehead atoms. The summed E-state index contributed by atoms with van der Waals surface area (Å²) in [6, 6.07) is 15.8. The molecule has 0 aliphatic rings. The van der Waals surface area contributed by atoms with Crippen LogP contribution in [0.4, 0.5) is 0 Å². The van der Waals surface area contributed by atoms with E-state index < -0.39 is 11.6 Å². The van der Waals surface area contributed by atoms with Gasteiger partial charge in [0, 0.05) is 40.7 Å². The number of nitrogens with zero attached hydrogens (tertiary/aromatic N) is 2. The van der Waals surface area contributed by atoms with Gasteiger partial charge in [-0.15, -0.1) is 0 Å². The lowest BCUT2D eigenvalue weighted by molar-refractivity contribution is 0.00625. The molecule has 2 heterocycles. The van der Waals surface area contributed by atoms with Crippen LogP contribution in [-0.4, -0.2) is 40.1 Å². The molecule has 214 valence electrons. The van der Waals surface area contributed by atoms with Crippen LogP contribution >= 0.6 is 11.6 Å². The summed E-state index contributed by atoms with van der Waals surface area (Å²) in [5.74, 6) is 1.11. The van der Waals surface area contributed by atoms with Crippen molar-refractivity contribution in [3.63, 3.8) is 0 Å². The summed E-state index contributed by atoms with van der Waals surface area (Å²) >= 11 is 6.80. The fourth-order valence-corrected chi connectivity index (χ4v) is 5.61. The van der Waals surface area contributed by atoms with Crippen LogP contribution in [0, 0.1) is 13.8 Å². The summed E-state index contributed by atoms with van der Waals surface area (Å²) < 4.78 is 19.4. The molecule has 41 heavy (non-hydrogen) atoms. The molecule has 3 aromatic carbocycles. The molecule has 0 radical (unpaired) electrons. The van der Waals surface area contributed by atoms with Gasteiger partial charge in [-0.1, -0.05) is 41.9 Å². The van der Waals surface area contributed by atoms with E-state index in [1.165, 1.54) is 0 Å². The van der Waals surface area contributed by atoms with E-state index in [1.54, 1.807) is 7.11 Å². The highest BCUT2D eigenvalue weighted by Gasteiger charge is 2.27. The fraction of sp³-hybridized carbons (Fsp3) is 0.333. The monoisotopic (exact) mass is 573 g/mol. The van der Waals surface area contributed by atoms with Crippen LogP contribution in [0.3, 0.4) is 0 Å². The van der Waals surface area contributed by atoms with Crippen molar-refractivity contribution in [2.75, 3.05) is 13.7 Å². The maximum Gasteiger partial charge on any atom is 0.355 e. The molecule has 0 saturated carbocycles. The number of halogens is 1. The van der Waals surface area contributed by atoms with Gasteiger partial charge in [0.1, 0.15) is 22.8 Å². The number of aryl methyl sites for hydroxylation is 3. The number of carbonyl (C=O) groups excluding carboxylic acids is 1. The van der Waals surface area contributed by atoms with E-state index >= 15 is 0 Å². The minimum atomic E-state index is -0.640. The smallest absolute Gasteiger partial charge is 0.355 e. The second-order valence-electron chi connectivity index (χ2n) is 11.3. The molecule has 0 amide bonds. The van der Waals surface area contributed by atoms with Gasteiger partial charge >= 0.3 is 5.97 Å². The first kappa shape index (κ1) is 28.6. The molecule has 1 N–H and O–H groups in total. The van der Waals surface area contributed by atoms with E-state index in [9.17, 15) is 4.79 Å². The van der Waals surface area contributed by atoms with Gasteiger partial charge in [-0.25, -0.2) is 4.79 Å². The molecule has 0 spiro atoms. The number of esters is 1. The number of methoxy groups -OCH3 is 1. The van der Waals surface area contributed by atoms with Crippen LogP contribution in [0.15, 0.2) is 48.5 Å². The number of hydrogen-bond donors (Lipinski definition) is 1. The molecule has 0 saturated heterocycles. The number of carbonyl (C=O) groups is 1. The molecule has 0 fully saturated rings. The number of rotatable bonds is 8. The summed E-state index contributed by atoms with van der Waals surface area (Å²) in [7, 11) is 3.57. The Labute approximate surface area is 245 Å². The lowest BCUT2D eigenvalue weighted by atomic mass is 9.98. The normalized spacial score (nSPS) is 11.8. The molecule has 5 rings (SSSR count). The SMILES string of the molecule is COc1cc(OCCCc2c(C(=O)OC(C)(C)C)[nH]c3c(-c4c(C)nn(C)c4C)c(Cl)ccc23)c2ccccc2c1. The summed E-state index contributed by atoms with van der Waals surface area (Å²) in [5, 5.41) is 8.20. The molecule has 5 aromatic rings. The summed E-state index contributed by atoms with van der Waals surface area (Å²) in [5.41, 5.74) is 5.13. The lowest BCUT2D eigenvalue weighted by Crippen LogP contribution is -2.24. The van der Waals surface area contributed by atoms with Crippen molar-refractivity contribution >= 4 is 39.2 Å². The van der Waals surface area contributed by atoms with Crippen molar-refractivity contribution in [3.05, 3.63) is 76.2 Å². The van der Waals surface area contributed by atoms with Crippen LogP contribution in [0.5, 0.6) is 11.5 Å². The van der Waals surface area contributed by atoms with Crippen molar-refractivity contribution in [2.24, 2.45) is 7.05 Å². The average Bonchev–Trinajstić information content (AvgIpc) is 3.41. The Morgan fingerprint density at radius 2 is 1.80 bits per heavy atom. The third-order valence-corrected chi connectivity index (χ3v) is 7.57. The van der Waals surface area contributed by atoms with Gasteiger partial charge < -0.3 is 19.2 Å². The quantitative estimate of drug-likeness (QED) is 0.150. The number of ether oxygens (including phenoxy) is 3. The van der Waals surface area contributed by atoms with Crippen molar-refractivity contribution < 1.29 is 19.0 Å². The van der Waals surface area contributed by atoms with E-state index in [1.807, 2.05) is 94.9 Å². The zero-order valence-corrected chi connectivity index (χ0v) is 25.4. The first-order valence-electron chi connectivity index (χ1n) is 13.7. The minimum Gasteiger partial charge on any atom is -0.497 e. The average molecular weight is 574 g/mol. The topological polar surface area (TPSA) is 78.4 Å². The number of H-pyrrole nitrogens is 1. The minimum absolute atomic E-state index is 0.398. The number of aromatic nitrogens is 3. The first-order chi connectivity index (χ1) is 19.5. The van der Waals surface area contributed by atoms with E-state index in [0.29, 0.717) is 30.2 Å². The number of nitrogens with one attached hydrogen (secondary N) is 1. The van der Waals surface area contributed by atoms with Crippen LogP contribution in [-0.2, 0) is 18.2 Å². The summed E-state index contributed by atoms with van der Waals surface area (Å²) in [4.78, 5) is 16.8. The Kier molecular flexibility index (Phi) is 7.75. The maximum absolute atomic E-state index is 13.4. The Balaban J connectivity index is 1.51. The largest absolute Gasteiger partial charge is 0.497 e. The Hall–Kier alpha value is -3.97. The van der Waals surface area contributed by atoms with E-state index in [-0.39, 0.29) is 0 Å². The molecular formula is C33H36ClN3O4. The van der Waals surface area contributed by atoms with Crippen molar-refractivity contribution in [1.29, 1.82) is 0 Å². The molecule has 7 nitrogen and oxygen atoms in total. The predicted octanol–water partition coefficient (Wildman–Crippen LogP) is 7.97. The fourth-order valence-electron chi connectivity index (χ4n) is 5.35.